The summed E-state index contributed by atoms with van der Waals surface area (Å²) in [5.74, 6) is -0.222. The normalized spacial score (nSPS) is 10.4. The molecule has 0 unspecified atom stereocenters. The summed E-state index contributed by atoms with van der Waals surface area (Å²) in [4.78, 5) is 10.4. The fourth-order valence-corrected chi connectivity index (χ4v) is 1.57. The minimum absolute atomic E-state index is 0.253. The molecule has 4 nitrogen and oxygen atoms in total. The van der Waals surface area contributed by atoms with Crippen molar-refractivity contribution in [3.63, 3.8) is 0 Å². The third-order valence-corrected chi connectivity index (χ3v) is 2.29. The lowest BCUT2D eigenvalue weighted by atomic mass is 10.1. The van der Waals surface area contributed by atoms with Crippen LogP contribution >= 0.6 is 0 Å². The van der Waals surface area contributed by atoms with E-state index in [-0.39, 0.29) is 13.2 Å². The van der Waals surface area contributed by atoms with Gasteiger partial charge in [-0.1, -0.05) is 24.3 Å². The van der Waals surface area contributed by atoms with Crippen LogP contribution in [0.15, 0.2) is 47.1 Å². The van der Waals surface area contributed by atoms with Crippen LogP contribution in [0, 0.1) is 0 Å². The van der Waals surface area contributed by atoms with Crippen LogP contribution in [0.5, 0.6) is 0 Å². The molecule has 0 aliphatic carbocycles. The molecule has 17 heavy (non-hydrogen) atoms. The van der Waals surface area contributed by atoms with Gasteiger partial charge in [-0.15, -0.1) is 0 Å². The summed E-state index contributed by atoms with van der Waals surface area (Å²) in [6, 6.07) is 11.3. The second-order valence-corrected chi connectivity index (χ2v) is 3.52. The number of hydrogen-bond donors (Lipinski definition) is 1. The van der Waals surface area contributed by atoms with Gasteiger partial charge in [0.05, 0.1) is 12.9 Å². The first-order valence-corrected chi connectivity index (χ1v) is 5.18. The predicted octanol–water partition coefficient (Wildman–Crippen LogP) is 2.55. The first kappa shape index (κ1) is 11.4. The second kappa shape index (κ2) is 5.32. The number of carboxylic acids is 1. The van der Waals surface area contributed by atoms with E-state index in [9.17, 15) is 4.79 Å². The van der Waals surface area contributed by atoms with E-state index in [4.69, 9.17) is 14.3 Å². The molecule has 0 amide bonds. The second-order valence-electron chi connectivity index (χ2n) is 3.52. The van der Waals surface area contributed by atoms with E-state index in [0.29, 0.717) is 0 Å². The molecule has 1 aromatic heterocycles. The molecular formula is C13H12O4. The van der Waals surface area contributed by atoms with Gasteiger partial charge in [0.1, 0.15) is 12.4 Å². The molecule has 0 aliphatic heterocycles. The van der Waals surface area contributed by atoms with Crippen molar-refractivity contribution < 1.29 is 19.1 Å². The third kappa shape index (κ3) is 2.95. The van der Waals surface area contributed by atoms with Gasteiger partial charge >= 0.3 is 5.97 Å². The van der Waals surface area contributed by atoms with E-state index in [1.54, 1.807) is 6.26 Å². The third-order valence-electron chi connectivity index (χ3n) is 2.29. The molecule has 0 spiro atoms. The first-order chi connectivity index (χ1) is 8.27. The van der Waals surface area contributed by atoms with Crippen LogP contribution in [-0.4, -0.2) is 17.7 Å². The summed E-state index contributed by atoms with van der Waals surface area (Å²) in [5.41, 5.74) is 1.83. The summed E-state index contributed by atoms with van der Waals surface area (Å²) in [6.45, 7) is -0.0460. The largest absolute Gasteiger partial charge is 0.480 e. The maximum atomic E-state index is 10.4. The Bertz CT molecular complexity index is 488. The molecule has 0 fully saturated rings. The minimum Gasteiger partial charge on any atom is -0.480 e. The number of ether oxygens (including phenoxy) is 1. The zero-order chi connectivity index (χ0) is 12.1. The Balaban J connectivity index is 2.14. The van der Waals surface area contributed by atoms with Crippen molar-refractivity contribution in [2.45, 2.75) is 6.61 Å². The van der Waals surface area contributed by atoms with Crippen LogP contribution in [0.3, 0.4) is 0 Å². The number of hydrogen-bond acceptors (Lipinski definition) is 3. The van der Waals surface area contributed by atoms with E-state index in [1.165, 1.54) is 0 Å². The SMILES string of the molecule is O=C(O)COCc1ccccc1-c1ccco1. The maximum Gasteiger partial charge on any atom is 0.329 e. The van der Waals surface area contributed by atoms with Crippen molar-refractivity contribution in [1.82, 2.24) is 0 Å². The van der Waals surface area contributed by atoms with Crippen LogP contribution in [0.4, 0.5) is 0 Å². The number of carboxylic acid groups (broad SMARTS) is 1. The van der Waals surface area contributed by atoms with Gasteiger partial charge in [-0.2, -0.15) is 0 Å². The standard InChI is InChI=1S/C13H12O4/c14-13(15)9-16-8-10-4-1-2-5-11(10)12-6-3-7-17-12/h1-7H,8-9H2,(H,14,15). The van der Waals surface area contributed by atoms with E-state index in [1.807, 2.05) is 36.4 Å². The topological polar surface area (TPSA) is 59.7 Å². The number of rotatable bonds is 5. The van der Waals surface area contributed by atoms with Gasteiger partial charge in [-0.3, -0.25) is 0 Å². The van der Waals surface area contributed by atoms with E-state index in [2.05, 4.69) is 0 Å². The molecule has 4 heteroatoms. The van der Waals surface area contributed by atoms with Gasteiger partial charge in [0.25, 0.3) is 0 Å². The molecule has 0 bridgehead atoms. The smallest absolute Gasteiger partial charge is 0.329 e. The molecule has 2 rings (SSSR count). The molecular weight excluding hydrogens is 220 g/mol. The monoisotopic (exact) mass is 232 g/mol. The van der Waals surface area contributed by atoms with Gasteiger partial charge in [0, 0.05) is 5.56 Å². The highest BCUT2D eigenvalue weighted by Crippen LogP contribution is 2.24. The highest BCUT2D eigenvalue weighted by Gasteiger charge is 2.07. The lowest BCUT2D eigenvalue weighted by molar-refractivity contribution is -0.142. The Morgan fingerprint density at radius 1 is 1.24 bits per heavy atom. The number of furan rings is 1. The van der Waals surface area contributed by atoms with Crippen LogP contribution in [0.25, 0.3) is 11.3 Å². The number of benzene rings is 1. The fraction of sp³-hybridized carbons (Fsp3) is 0.154. The minimum atomic E-state index is -0.972. The highest BCUT2D eigenvalue weighted by atomic mass is 16.5. The molecule has 88 valence electrons. The summed E-state index contributed by atoms with van der Waals surface area (Å²) < 4.78 is 10.4. The molecule has 0 radical (unpaired) electrons. The van der Waals surface area contributed by atoms with E-state index >= 15 is 0 Å². The molecule has 0 saturated carbocycles. The first-order valence-electron chi connectivity index (χ1n) is 5.18. The van der Waals surface area contributed by atoms with Crippen LogP contribution < -0.4 is 0 Å². The van der Waals surface area contributed by atoms with E-state index in [0.717, 1.165) is 16.9 Å². The maximum absolute atomic E-state index is 10.4. The van der Waals surface area contributed by atoms with Crippen molar-refractivity contribution in [3.8, 4) is 11.3 Å². The van der Waals surface area contributed by atoms with Gasteiger partial charge < -0.3 is 14.3 Å². The van der Waals surface area contributed by atoms with Gasteiger partial charge in [-0.25, -0.2) is 4.79 Å². The average Bonchev–Trinajstić information content (AvgIpc) is 2.82. The predicted molar refractivity (Wildman–Crippen MR) is 61.4 cm³/mol. The summed E-state index contributed by atoms with van der Waals surface area (Å²) >= 11 is 0. The van der Waals surface area contributed by atoms with Crippen molar-refractivity contribution in [2.24, 2.45) is 0 Å². The van der Waals surface area contributed by atoms with Gasteiger partial charge in [-0.05, 0) is 17.7 Å². The Kier molecular flexibility index (Phi) is 3.57. The lowest BCUT2D eigenvalue weighted by Crippen LogP contribution is -2.07. The summed E-state index contributed by atoms with van der Waals surface area (Å²) in [7, 11) is 0. The molecule has 1 N–H and O–H groups in total. The molecule has 1 aromatic carbocycles. The molecule has 0 atom stereocenters. The van der Waals surface area contributed by atoms with Crippen molar-refractivity contribution in [2.75, 3.05) is 6.61 Å². The number of aliphatic carboxylic acids is 1. The highest BCUT2D eigenvalue weighted by molar-refractivity contribution is 5.68. The van der Waals surface area contributed by atoms with Gasteiger partial charge in [0.2, 0.25) is 0 Å². The lowest BCUT2D eigenvalue weighted by Gasteiger charge is -2.06. The Morgan fingerprint density at radius 3 is 2.76 bits per heavy atom. The Morgan fingerprint density at radius 2 is 2.06 bits per heavy atom. The zero-order valence-corrected chi connectivity index (χ0v) is 9.13. The quantitative estimate of drug-likeness (QED) is 0.860. The van der Waals surface area contributed by atoms with Crippen LogP contribution in [0.1, 0.15) is 5.56 Å². The molecule has 1 heterocycles. The van der Waals surface area contributed by atoms with E-state index < -0.39 is 5.97 Å². The molecule has 2 aromatic rings. The van der Waals surface area contributed by atoms with Gasteiger partial charge in [0.15, 0.2) is 0 Å². The van der Waals surface area contributed by atoms with Crippen molar-refractivity contribution in [1.29, 1.82) is 0 Å². The summed E-state index contributed by atoms with van der Waals surface area (Å²) in [5, 5.41) is 8.50. The average molecular weight is 232 g/mol. The molecule has 0 aliphatic rings. The fourth-order valence-electron chi connectivity index (χ4n) is 1.57. The Labute approximate surface area is 98.4 Å². The summed E-state index contributed by atoms with van der Waals surface area (Å²) in [6.07, 6.45) is 1.60. The van der Waals surface area contributed by atoms with Crippen LogP contribution in [0.2, 0.25) is 0 Å². The Hall–Kier alpha value is -2.07. The number of carbonyl (C=O) groups is 1. The zero-order valence-electron chi connectivity index (χ0n) is 9.13. The van der Waals surface area contributed by atoms with Crippen molar-refractivity contribution >= 4 is 5.97 Å². The van der Waals surface area contributed by atoms with Crippen molar-refractivity contribution in [3.05, 3.63) is 48.2 Å². The molecule has 0 saturated heterocycles. The van der Waals surface area contributed by atoms with Crippen LogP contribution in [-0.2, 0) is 16.1 Å².